The van der Waals surface area contributed by atoms with Gasteiger partial charge in [-0.05, 0) is 19.1 Å². The molecule has 0 aromatic heterocycles. The highest BCUT2D eigenvalue weighted by molar-refractivity contribution is 5.94. The summed E-state index contributed by atoms with van der Waals surface area (Å²) in [7, 11) is 0. The first-order chi connectivity index (χ1) is 8.58. The van der Waals surface area contributed by atoms with Crippen LogP contribution >= 0.6 is 0 Å². The van der Waals surface area contributed by atoms with E-state index in [1.165, 1.54) is 0 Å². The Labute approximate surface area is 106 Å². The number of amides is 1. The lowest BCUT2D eigenvalue weighted by atomic mass is 10.2. The summed E-state index contributed by atoms with van der Waals surface area (Å²) in [5, 5.41) is 21.7. The first-order valence-corrected chi connectivity index (χ1v) is 6.04. The zero-order valence-corrected chi connectivity index (χ0v) is 10.3. The van der Waals surface area contributed by atoms with Crippen molar-refractivity contribution in [3.8, 4) is 0 Å². The molecule has 1 fully saturated rings. The number of carbonyl (C=O) groups is 1. The highest BCUT2D eigenvalue weighted by Crippen LogP contribution is 2.15. The predicted octanol–water partition coefficient (Wildman–Crippen LogP) is 0.0510. The van der Waals surface area contributed by atoms with Crippen molar-refractivity contribution >= 4 is 11.6 Å². The zero-order valence-electron chi connectivity index (χ0n) is 10.3. The van der Waals surface area contributed by atoms with Crippen molar-refractivity contribution in [1.82, 2.24) is 4.90 Å². The highest BCUT2D eigenvalue weighted by atomic mass is 16.3. The van der Waals surface area contributed by atoms with Crippen molar-refractivity contribution in [1.29, 1.82) is 0 Å². The summed E-state index contributed by atoms with van der Waals surface area (Å²) in [6, 6.07) is 8.84. The van der Waals surface area contributed by atoms with Crippen LogP contribution in [0.3, 0.4) is 0 Å². The van der Waals surface area contributed by atoms with E-state index in [9.17, 15) is 15.0 Å². The largest absolute Gasteiger partial charge is 0.389 e. The molecule has 0 bridgehead atoms. The van der Waals surface area contributed by atoms with Crippen molar-refractivity contribution < 1.29 is 15.0 Å². The van der Waals surface area contributed by atoms with Crippen LogP contribution in [0.1, 0.15) is 6.92 Å². The number of anilines is 1. The number of para-hydroxylation sites is 1. The molecule has 3 unspecified atom stereocenters. The van der Waals surface area contributed by atoms with Gasteiger partial charge in [-0.2, -0.15) is 0 Å². The van der Waals surface area contributed by atoms with Crippen LogP contribution in [0.4, 0.5) is 5.69 Å². The van der Waals surface area contributed by atoms with Crippen molar-refractivity contribution in [2.45, 2.75) is 25.2 Å². The lowest BCUT2D eigenvalue weighted by Gasteiger charge is -2.22. The predicted molar refractivity (Wildman–Crippen MR) is 68.1 cm³/mol. The minimum atomic E-state index is -0.767. The number of hydrogen-bond acceptors (Lipinski definition) is 4. The molecule has 5 nitrogen and oxygen atoms in total. The van der Waals surface area contributed by atoms with E-state index < -0.39 is 12.2 Å². The summed E-state index contributed by atoms with van der Waals surface area (Å²) < 4.78 is 0. The van der Waals surface area contributed by atoms with Crippen LogP contribution in [-0.2, 0) is 4.79 Å². The molecule has 0 radical (unpaired) electrons. The number of nitrogens with zero attached hydrogens (tertiary/aromatic N) is 1. The number of β-amino-alcohol motifs (C(OH)–C–C–N with tert-alkyl or cyclic N) is 2. The van der Waals surface area contributed by atoms with Gasteiger partial charge < -0.3 is 15.5 Å². The second-order valence-corrected chi connectivity index (χ2v) is 4.62. The quantitative estimate of drug-likeness (QED) is 0.709. The van der Waals surface area contributed by atoms with Gasteiger partial charge in [0, 0.05) is 18.8 Å². The van der Waals surface area contributed by atoms with Crippen LogP contribution in [0.15, 0.2) is 30.3 Å². The maximum atomic E-state index is 12.0. The molecule has 3 N–H and O–H groups in total. The third-order valence-corrected chi connectivity index (χ3v) is 3.26. The van der Waals surface area contributed by atoms with Crippen molar-refractivity contribution in [2.24, 2.45) is 0 Å². The third kappa shape index (κ3) is 2.87. The number of rotatable bonds is 3. The maximum Gasteiger partial charge on any atom is 0.241 e. The fraction of sp³-hybridized carbons (Fsp3) is 0.462. The first kappa shape index (κ1) is 13.0. The summed E-state index contributed by atoms with van der Waals surface area (Å²) in [6.45, 7) is 2.41. The Balaban J connectivity index is 1.93. The van der Waals surface area contributed by atoms with Gasteiger partial charge in [0.25, 0.3) is 0 Å². The van der Waals surface area contributed by atoms with E-state index in [1.54, 1.807) is 11.8 Å². The van der Waals surface area contributed by atoms with Crippen molar-refractivity contribution in [3.63, 3.8) is 0 Å². The summed E-state index contributed by atoms with van der Waals surface area (Å²) >= 11 is 0. The molecular weight excluding hydrogens is 232 g/mol. The lowest BCUT2D eigenvalue weighted by Crippen LogP contribution is -2.41. The number of carbonyl (C=O) groups excluding carboxylic acids is 1. The first-order valence-electron chi connectivity index (χ1n) is 6.04. The van der Waals surface area contributed by atoms with Crippen LogP contribution in [0, 0.1) is 0 Å². The molecule has 2 rings (SSSR count). The topological polar surface area (TPSA) is 72.8 Å². The van der Waals surface area contributed by atoms with Crippen molar-refractivity contribution in [3.05, 3.63) is 30.3 Å². The van der Waals surface area contributed by atoms with Gasteiger partial charge in [-0.1, -0.05) is 18.2 Å². The zero-order chi connectivity index (χ0) is 13.1. The number of aliphatic hydroxyl groups is 2. The van der Waals surface area contributed by atoms with E-state index in [0.717, 1.165) is 5.69 Å². The molecule has 18 heavy (non-hydrogen) atoms. The molecule has 0 aliphatic carbocycles. The molecule has 0 spiro atoms. The van der Waals surface area contributed by atoms with E-state index in [1.807, 2.05) is 30.3 Å². The summed E-state index contributed by atoms with van der Waals surface area (Å²) in [5.74, 6) is -0.137. The second-order valence-electron chi connectivity index (χ2n) is 4.62. The van der Waals surface area contributed by atoms with E-state index in [-0.39, 0.29) is 11.9 Å². The van der Waals surface area contributed by atoms with E-state index in [2.05, 4.69) is 5.32 Å². The molecule has 1 aromatic rings. The molecule has 3 atom stereocenters. The number of hydrogen-bond donors (Lipinski definition) is 3. The fourth-order valence-electron chi connectivity index (χ4n) is 2.05. The Bertz CT molecular complexity index is 400. The average Bonchev–Trinajstić information content (AvgIpc) is 2.70. The average molecular weight is 250 g/mol. The van der Waals surface area contributed by atoms with Crippen LogP contribution in [0.5, 0.6) is 0 Å². The molecule has 5 heteroatoms. The van der Waals surface area contributed by atoms with Gasteiger partial charge in [0.15, 0.2) is 0 Å². The van der Waals surface area contributed by atoms with Crippen LogP contribution in [-0.4, -0.2) is 52.4 Å². The van der Waals surface area contributed by atoms with Crippen LogP contribution in [0.2, 0.25) is 0 Å². The Kier molecular flexibility index (Phi) is 3.96. The van der Waals surface area contributed by atoms with Gasteiger partial charge in [-0.25, -0.2) is 0 Å². The monoisotopic (exact) mass is 250 g/mol. The van der Waals surface area contributed by atoms with E-state index >= 15 is 0 Å². The number of likely N-dealkylation sites (tertiary alicyclic amines) is 1. The Morgan fingerprint density at radius 2 is 1.83 bits per heavy atom. The number of benzene rings is 1. The smallest absolute Gasteiger partial charge is 0.241 e. The van der Waals surface area contributed by atoms with Gasteiger partial charge >= 0.3 is 0 Å². The minimum absolute atomic E-state index is 0.137. The fourth-order valence-corrected chi connectivity index (χ4v) is 2.05. The van der Waals surface area contributed by atoms with Crippen LogP contribution in [0.25, 0.3) is 0 Å². The van der Waals surface area contributed by atoms with E-state index in [4.69, 9.17) is 0 Å². The third-order valence-electron chi connectivity index (χ3n) is 3.26. The maximum absolute atomic E-state index is 12.0. The lowest BCUT2D eigenvalue weighted by molar-refractivity contribution is -0.120. The van der Waals surface area contributed by atoms with Gasteiger partial charge in [0.1, 0.15) is 0 Å². The molecule has 1 aliphatic heterocycles. The van der Waals surface area contributed by atoms with Crippen molar-refractivity contribution in [2.75, 3.05) is 18.4 Å². The number of nitrogens with one attached hydrogen (secondary N) is 1. The highest BCUT2D eigenvalue weighted by Gasteiger charge is 2.34. The standard InChI is InChI=1S/C13H18N2O3/c1-9(15-7-11(16)12(17)8-15)13(18)14-10-5-3-2-4-6-10/h2-6,9,11-12,16-17H,7-8H2,1H3,(H,14,18). The molecule has 1 aliphatic rings. The Morgan fingerprint density at radius 3 is 2.39 bits per heavy atom. The Hall–Kier alpha value is -1.43. The SMILES string of the molecule is CC(C(=O)Nc1ccccc1)N1CC(O)C(O)C1. The molecular formula is C13H18N2O3. The Morgan fingerprint density at radius 1 is 1.28 bits per heavy atom. The van der Waals surface area contributed by atoms with Gasteiger partial charge in [-0.15, -0.1) is 0 Å². The normalized spacial score (nSPS) is 25.9. The van der Waals surface area contributed by atoms with Gasteiger partial charge in [0.2, 0.25) is 5.91 Å². The molecule has 98 valence electrons. The molecule has 1 saturated heterocycles. The van der Waals surface area contributed by atoms with Gasteiger partial charge in [0.05, 0.1) is 18.2 Å². The summed E-state index contributed by atoms with van der Waals surface area (Å²) in [4.78, 5) is 13.8. The molecule has 1 amide bonds. The molecule has 0 saturated carbocycles. The second kappa shape index (κ2) is 5.48. The molecule has 1 heterocycles. The number of aliphatic hydroxyl groups excluding tert-OH is 2. The minimum Gasteiger partial charge on any atom is -0.389 e. The molecule has 1 aromatic carbocycles. The van der Waals surface area contributed by atoms with Crippen LogP contribution < -0.4 is 5.32 Å². The van der Waals surface area contributed by atoms with Gasteiger partial charge in [-0.3, -0.25) is 9.69 Å². The summed E-state index contributed by atoms with van der Waals surface area (Å²) in [6.07, 6.45) is -1.53. The summed E-state index contributed by atoms with van der Waals surface area (Å²) in [5.41, 5.74) is 0.745. The van der Waals surface area contributed by atoms with E-state index in [0.29, 0.717) is 13.1 Å².